The van der Waals surface area contributed by atoms with Crippen LogP contribution in [0.2, 0.25) is 0 Å². The lowest BCUT2D eigenvalue weighted by Gasteiger charge is -2.12. The molecule has 0 radical (unpaired) electrons. The van der Waals surface area contributed by atoms with Crippen molar-refractivity contribution in [1.29, 1.82) is 0 Å². The molecule has 0 saturated carbocycles. The van der Waals surface area contributed by atoms with Crippen molar-refractivity contribution in [3.8, 4) is 16.8 Å². The van der Waals surface area contributed by atoms with Gasteiger partial charge in [0, 0.05) is 27.7 Å². The summed E-state index contributed by atoms with van der Waals surface area (Å²) in [4.78, 5) is 10.2. The summed E-state index contributed by atoms with van der Waals surface area (Å²) in [6.45, 7) is 4.80. The van der Waals surface area contributed by atoms with E-state index in [2.05, 4.69) is 164 Å². The van der Waals surface area contributed by atoms with Gasteiger partial charge in [-0.25, -0.2) is 4.99 Å². The molecule has 7 rings (SSSR count). The summed E-state index contributed by atoms with van der Waals surface area (Å²) in [5, 5.41) is 2.51. The Morgan fingerprint density at radius 1 is 0.591 bits per heavy atom. The topological polar surface area (TPSA) is 29.6 Å². The average Bonchev–Trinajstić information content (AvgIpc) is 3.42. The number of rotatable bonds is 6. The van der Waals surface area contributed by atoms with E-state index in [1.165, 1.54) is 38.5 Å². The number of hydrogen-bond acceptors (Lipinski definition) is 1. The summed E-state index contributed by atoms with van der Waals surface area (Å²) in [7, 11) is 0. The van der Waals surface area contributed by atoms with Crippen LogP contribution in [0.5, 0.6) is 0 Å². The van der Waals surface area contributed by atoms with Gasteiger partial charge >= 0.3 is 0 Å². The van der Waals surface area contributed by atoms with Crippen molar-refractivity contribution >= 4 is 33.4 Å². The number of nitrogens with zero attached hydrogens (tertiary/aromatic N) is 3. The first-order chi connectivity index (χ1) is 21.7. The molecule has 0 atom stereocenters. The third-order valence-electron chi connectivity index (χ3n) is 8.20. The maximum absolute atomic E-state index is 5.18. The SMILES string of the molecule is CC(=NC(=NCc1ccccc1)c1ccc(-c2ccccc2)c(C)c1)c1cccc(-n2c3ccccc3c3ccccc32)c1. The maximum Gasteiger partial charge on any atom is 0.155 e. The van der Waals surface area contributed by atoms with Gasteiger partial charge in [-0.2, -0.15) is 0 Å². The highest BCUT2D eigenvalue weighted by Crippen LogP contribution is 2.32. The lowest BCUT2D eigenvalue weighted by Crippen LogP contribution is -2.06. The summed E-state index contributed by atoms with van der Waals surface area (Å²) in [6, 6.07) is 53.3. The fourth-order valence-electron chi connectivity index (χ4n) is 5.98. The van der Waals surface area contributed by atoms with E-state index in [1.807, 2.05) is 6.07 Å². The average molecular weight is 568 g/mol. The van der Waals surface area contributed by atoms with Crippen LogP contribution in [0.4, 0.5) is 0 Å². The maximum atomic E-state index is 5.18. The highest BCUT2D eigenvalue weighted by molar-refractivity contribution is 6.12. The van der Waals surface area contributed by atoms with Crippen molar-refractivity contribution in [3.63, 3.8) is 0 Å². The lowest BCUT2D eigenvalue weighted by molar-refractivity contribution is 1.06. The molecule has 0 N–H and O–H groups in total. The highest BCUT2D eigenvalue weighted by Gasteiger charge is 2.13. The second-order valence-electron chi connectivity index (χ2n) is 11.1. The minimum atomic E-state index is 0.563. The Balaban J connectivity index is 1.30. The smallest absolute Gasteiger partial charge is 0.155 e. The first kappa shape index (κ1) is 27.3. The molecule has 0 amide bonds. The molecule has 0 saturated heterocycles. The Labute approximate surface area is 258 Å². The molecule has 0 spiro atoms. The van der Waals surface area contributed by atoms with E-state index in [0.717, 1.165) is 33.9 Å². The van der Waals surface area contributed by atoms with E-state index in [0.29, 0.717) is 6.54 Å². The predicted octanol–water partition coefficient (Wildman–Crippen LogP) is 10.2. The monoisotopic (exact) mass is 567 g/mol. The van der Waals surface area contributed by atoms with Crippen LogP contribution >= 0.6 is 0 Å². The summed E-state index contributed by atoms with van der Waals surface area (Å²) in [5.41, 5.74) is 11.3. The standard InChI is InChI=1S/C41H33N3/c1-29-26-34(24-25-36(29)32-16-7-4-8-17-32)41(42-28-31-14-5-3-6-15-31)43-30(2)33-18-13-19-35(27-33)44-39-22-11-9-20-37(39)38-21-10-12-23-40(38)44/h3-27H,28H2,1-2H3. The molecule has 44 heavy (non-hydrogen) atoms. The molecule has 212 valence electrons. The number of aryl methyl sites for hydroxylation is 1. The summed E-state index contributed by atoms with van der Waals surface area (Å²) >= 11 is 0. The molecule has 0 unspecified atom stereocenters. The first-order valence-corrected chi connectivity index (χ1v) is 15.0. The van der Waals surface area contributed by atoms with Crippen LogP contribution < -0.4 is 0 Å². The minimum absolute atomic E-state index is 0.563. The summed E-state index contributed by atoms with van der Waals surface area (Å²) < 4.78 is 2.34. The van der Waals surface area contributed by atoms with Crippen LogP contribution in [0.15, 0.2) is 162 Å². The van der Waals surface area contributed by atoms with Crippen LogP contribution in [0, 0.1) is 6.92 Å². The molecule has 0 fully saturated rings. The van der Waals surface area contributed by atoms with E-state index >= 15 is 0 Å². The third-order valence-corrected chi connectivity index (χ3v) is 8.20. The van der Waals surface area contributed by atoms with Gasteiger partial charge in [-0.05, 0) is 72.0 Å². The summed E-state index contributed by atoms with van der Waals surface area (Å²) in [5.74, 6) is 0.733. The van der Waals surface area contributed by atoms with Crippen LogP contribution in [0.1, 0.15) is 29.2 Å². The number of aliphatic imine (C=N–C) groups is 2. The third kappa shape index (κ3) is 5.36. The van der Waals surface area contributed by atoms with E-state index in [1.54, 1.807) is 0 Å². The van der Waals surface area contributed by atoms with Gasteiger partial charge in [-0.3, -0.25) is 4.99 Å². The molecule has 3 heteroatoms. The van der Waals surface area contributed by atoms with Crippen molar-refractivity contribution in [2.45, 2.75) is 20.4 Å². The first-order valence-electron chi connectivity index (χ1n) is 15.0. The number of fused-ring (bicyclic) bond motifs is 3. The van der Waals surface area contributed by atoms with Crippen LogP contribution in [-0.4, -0.2) is 16.1 Å². The molecular formula is C41H33N3. The van der Waals surface area contributed by atoms with Crippen LogP contribution in [0.3, 0.4) is 0 Å². The van der Waals surface area contributed by atoms with E-state index in [-0.39, 0.29) is 0 Å². The van der Waals surface area contributed by atoms with Crippen LogP contribution in [0.25, 0.3) is 38.6 Å². The fourth-order valence-corrected chi connectivity index (χ4v) is 5.98. The second-order valence-corrected chi connectivity index (χ2v) is 11.1. The van der Waals surface area contributed by atoms with Crippen molar-refractivity contribution in [3.05, 3.63) is 174 Å². The number of amidine groups is 1. The fraction of sp³-hybridized carbons (Fsp3) is 0.0732. The Morgan fingerprint density at radius 3 is 1.91 bits per heavy atom. The van der Waals surface area contributed by atoms with E-state index in [9.17, 15) is 0 Å². The van der Waals surface area contributed by atoms with Crippen molar-refractivity contribution in [2.75, 3.05) is 0 Å². The minimum Gasteiger partial charge on any atom is -0.309 e. The van der Waals surface area contributed by atoms with Crippen molar-refractivity contribution in [1.82, 2.24) is 4.57 Å². The number of aromatic nitrogens is 1. The molecule has 0 aliphatic heterocycles. The van der Waals surface area contributed by atoms with Gasteiger partial charge in [0.1, 0.15) is 0 Å². The van der Waals surface area contributed by atoms with Gasteiger partial charge in [-0.1, -0.05) is 121 Å². The van der Waals surface area contributed by atoms with Crippen molar-refractivity contribution in [2.24, 2.45) is 9.98 Å². The van der Waals surface area contributed by atoms with E-state index < -0.39 is 0 Å². The quantitative estimate of drug-likeness (QED) is 0.141. The predicted molar refractivity (Wildman–Crippen MR) is 186 cm³/mol. The molecule has 1 heterocycles. The Hall–Kier alpha value is -5.54. The number of hydrogen-bond donors (Lipinski definition) is 0. The molecule has 6 aromatic carbocycles. The van der Waals surface area contributed by atoms with Gasteiger partial charge in [-0.15, -0.1) is 0 Å². The molecule has 1 aromatic heterocycles. The van der Waals surface area contributed by atoms with Gasteiger partial charge < -0.3 is 4.57 Å². The van der Waals surface area contributed by atoms with Gasteiger partial charge in [0.05, 0.1) is 17.6 Å². The lowest BCUT2D eigenvalue weighted by atomic mass is 9.98. The second kappa shape index (κ2) is 12.0. The molecule has 0 aliphatic carbocycles. The van der Waals surface area contributed by atoms with E-state index in [4.69, 9.17) is 9.98 Å². The largest absolute Gasteiger partial charge is 0.309 e. The Bertz CT molecular complexity index is 2100. The number of benzene rings is 6. The summed E-state index contributed by atoms with van der Waals surface area (Å²) in [6.07, 6.45) is 0. The molecule has 3 nitrogen and oxygen atoms in total. The van der Waals surface area contributed by atoms with Gasteiger partial charge in [0.15, 0.2) is 5.84 Å². The zero-order valence-electron chi connectivity index (χ0n) is 25.0. The normalized spacial score (nSPS) is 12.2. The molecular weight excluding hydrogens is 534 g/mol. The van der Waals surface area contributed by atoms with Crippen molar-refractivity contribution < 1.29 is 0 Å². The highest BCUT2D eigenvalue weighted by atomic mass is 15.0. The Morgan fingerprint density at radius 2 is 1.23 bits per heavy atom. The van der Waals surface area contributed by atoms with Gasteiger partial charge in [0.25, 0.3) is 0 Å². The molecule has 7 aromatic rings. The number of para-hydroxylation sites is 2. The molecule has 0 bridgehead atoms. The zero-order chi connectivity index (χ0) is 29.9. The zero-order valence-corrected chi connectivity index (χ0v) is 25.0. The van der Waals surface area contributed by atoms with Crippen LogP contribution in [-0.2, 0) is 6.54 Å². The van der Waals surface area contributed by atoms with Gasteiger partial charge in [0.2, 0.25) is 0 Å². The Kier molecular flexibility index (Phi) is 7.44. The molecule has 0 aliphatic rings.